The first kappa shape index (κ1) is 12.6. The topological polar surface area (TPSA) is 62.2 Å². The number of amides is 1. The van der Waals surface area contributed by atoms with E-state index in [1.54, 1.807) is 0 Å². The molecule has 1 fully saturated rings. The molecule has 1 aromatic rings. The van der Waals surface area contributed by atoms with Gasteiger partial charge in [-0.1, -0.05) is 23.2 Å². The normalized spacial score (nSPS) is 16.6. The fraction of sp³-hybridized carbons (Fsp3) is 0.455. The summed E-state index contributed by atoms with van der Waals surface area (Å²) in [6.45, 7) is 0.254. The molecule has 1 atom stereocenters. The molecule has 1 aliphatic rings. The van der Waals surface area contributed by atoms with Gasteiger partial charge in [0, 0.05) is 12.7 Å². The van der Waals surface area contributed by atoms with Crippen LogP contribution < -0.4 is 5.32 Å². The summed E-state index contributed by atoms with van der Waals surface area (Å²) in [4.78, 5) is 15.5. The Balaban J connectivity index is 1.92. The molecule has 1 unspecified atom stereocenters. The van der Waals surface area contributed by atoms with Gasteiger partial charge in [0.25, 0.3) is 5.91 Å². The number of aromatic nitrogens is 1. The predicted molar refractivity (Wildman–Crippen MR) is 65.3 cm³/mol. The van der Waals surface area contributed by atoms with Crippen molar-refractivity contribution in [2.75, 3.05) is 6.54 Å². The molecular weight excluding hydrogens is 263 g/mol. The molecule has 0 spiro atoms. The molecule has 1 amide bonds. The fourth-order valence-corrected chi connectivity index (χ4v) is 1.76. The lowest BCUT2D eigenvalue weighted by atomic mass is 10.2. The molecule has 1 aromatic heterocycles. The minimum atomic E-state index is -0.463. The molecule has 1 aliphatic carbocycles. The van der Waals surface area contributed by atoms with Crippen molar-refractivity contribution < 1.29 is 9.90 Å². The van der Waals surface area contributed by atoms with E-state index in [-0.39, 0.29) is 22.6 Å². The van der Waals surface area contributed by atoms with E-state index in [4.69, 9.17) is 23.2 Å². The summed E-state index contributed by atoms with van der Waals surface area (Å²) in [7, 11) is 0. The molecule has 17 heavy (non-hydrogen) atoms. The second-order valence-electron chi connectivity index (χ2n) is 4.11. The number of nitrogens with one attached hydrogen (secondary N) is 1. The molecule has 0 bridgehead atoms. The summed E-state index contributed by atoms with van der Waals surface area (Å²) < 4.78 is 0. The maximum Gasteiger partial charge on any atom is 0.252 e. The van der Waals surface area contributed by atoms with Gasteiger partial charge in [-0.05, 0) is 24.8 Å². The van der Waals surface area contributed by atoms with E-state index in [1.165, 1.54) is 12.3 Å². The number of halogens is 2. The van der Waals surface area contributed by atoms with Crippen molar-refractivity contribution >= 4 is 29.1 Å². The van der Waals surface area contributed by atoms with Crippen molar-refractivity contribution in [2.24, 2.45) is 5.92 Å². The SMILES string of the molecule is O=C(NCC(O)C1CC1)c1cnc(Cl)c(Cl)c1. The van der Waals surface area contributed by atoms with Crippen LogP contribution in [0, 0.1) is 5.92 Å². The van der Waals surface area contributed by atoms with Crippen LogP contribution >= 0.6 is 23.2 Å². The zero-order valence-electron chi connectivity index (χ0n) is 8.99. The molecule has 2 N–H and O–H groups in total. The lowest BCUT2D eigenvalue weighted by Gasteiger charge is -2.10. The average molecular weight is 275 g/mol. The monoisotopic (exact) mass is 274 g/mol. The summed E-state index contributed by atoms with van der Waals surface area (Å²) in [5, 5.41) is 12.6. The number of hydrogen-bond acceptors (Lipinski definition) is 3. The van der Waals surface area contributed by atoms with E-state index >= 15 is 0 Å². The molecule has 0 aliphatic heterocycles. The highest BCUT2D eigenvalue weighted by atomic mass is 35.5. The van der Waals surface area contributed by atoms with Gasteiger partial charge >= 0.3 is 0 Å². The smallest absolute Gasteiger partial charge is 0.252 e. The summed E-state index contributed by atoms with van der Waals surface area (Å²) >= 11 is 11.4. The minimum absolute atomic E-state index is 0.168. The van der Waals surface area contributed by atoms with Crippen molar-refractivity contribution in [2.45, 2.75) is 18.9 Å². The summed E-state index contributed by atoms with van der Waals surface area (Å²) in [5.74, 6) is 0.0259. The van der Waals surface area contributed by atoms with Crippen LogP contribution in [0.1, 0.15) is 23.2 Å². The Bertz CT molecular complexity index is 435. The van der Waals surface area contributed by atoms with Crippen LogP contribution in [0.2, 0.25) is 10.2 Å². The van der Waals surface area contributed by atoms with E-state index < -0.39 is 6.10 Å². The van der Waals surface area contributed by atoms with Gasteiger partial charge in [0.05, 0.1) is 16.7 Å². The van der Waals surface area contributed by atoms with Gasteiger partial charge in [0.15, 0.2) is 0 Å². The number of carbonyl (C=O) groups excluding carboxylic acids is 1. The highest BCUT2D eigenvalue weighted by Crippen LogP contribution is 2.32. The molecule has 2 rings (SSSR count). The summed E-state index contributed by atoms with van der Waals surface area (Å²) in [6, 6.07) is 1.45. The van der Waals surface area contributed by atoms with E-state index in [9.17, 15) is 9.90 Å². The highest BCUT2D eigenvalue weighted by Gasteiger charge is 2.29. The quantitative estimate of drug-likeness (QED) is 0.825. The second-order valence-corrected chi connectivity index (χ2v) is 4.88. The molecular formula is C11H12Cl2N2O2. The second kappa shape index (κ2) is 5.21. The first-order valence-corrected chi connectivity index (χ1v) is 6.11. The lowest BCUT2D eigenvalue weighted by Crippen LogP contribution is -2.33. The maximum absolute atomic E-state index is 11.7. The molecule has 0 aromatic carbocycles. The van der Waals surface area contributed by atoms with Gasteiger partial charge in [-0.2, -0.15) is 0 Å². The first-order valence-electron chi connectivity index (χ1n) is 5.35. The van der Waals surface area contributed by atoms with Crippen LogP contribution in [0.15, 0.2) is 12.3 Å². The fourth-order valence-electron chi connectivity index (χ4n) is 1.49. The molecule has 92 valence electrons. The Kier molecular flexibility index (Phi) is 3.86. The van der Waals surface area contributed by atoms with Crippen molar-refractivity contribution in [3.8, 4) is 0 Å². The van der Waals surface area contributed by atoms with E-state index in [2.05, 4.69) is 10.3 Å². The number of rotatable bonds is 4. The highest BCUT2D eigenvalue weighted by molar-refractivity contribution is 6.41. The largest absolute Gasteiger partial charge is 0.391 e. The number of aliphatic hydroxyl groups excluding tert-OH is 1. The van der Waals surface area contributed by atoms with Crippen LogP contribution in [0.3, 0.4) is 0 Å². The Morgan fingerprint density at radius 1 is 1.59 bits per heavy atom. The van der Waals surface area contributed by atoms with Crippen molar-refractivity contribution in [1.29, 1.82) is 0 Å². The Morgan fingerprint density at radius 3 is 2.88 bits per heavy atom. The molecule has 1 saturated carbocycles. The molecule has 0 radical (unpaired) electrons. The number of pyridine rings is 1. The Morgan fingerprint density at radius 2 is 2.29 bits per heavy atom. The third kappa shape index (κ3) is 3.31. The third-order valence-electron chi connectivity index (χ3n) is 2.70. The zero-order valence-corrected chi connectivity index (χ0v) is 10.5. The van der Waals surface area contributed by atoms with Crippen LogP contribution in [0.4, 0.5) is 0 Å². The number of nitrogens with zero attached hydrogens (tertiary/aromatic N) is 1. The zero-order chi connectivity index (χ0) is 12.4. The van der Waals surface area contributed by atoms with Gasteiger partial charge in [-0.3, -0.25) is 4.79 Å². The van der Waals surface area contributed by atoms with E-state index in [0.29, 0.717) is 11.5 Å². The van der Waals surface area contributed by atoms with Crippen molar-refractivity contribution in [3.05, 3.63) is 28.0 Å². The summed E-state index contributed by atoms with van der Waals surface area (Å²) in [5.41, 5.74) is 0.336. The number of hydrogen-bond donors (Lipinski definition) is 2. The predicted octanol–water partition coefficient (Wildman–Crippen LogP) is 1.89. The Labute approximate surface area is 109 Å². The van der Waals surface area contributed by atoms with Crippen LogP contribution in [0.5, 0.6) is 0 Å². The molecule has 4 nitrogen and oxygen atoms in total. The van der Waals surface area contributed by atoms with Crippen LogP contribution in [-0.2, 0) is 0 Å². The Hall–Kier alpha value is -0.840. The number of aliphatic hydroxyl groups is 1. The van der Waals surface area contributed by atoms with Gasteiger partial charge < -0.3 is 10.4 Å². The van der Waals surface area contributed by atoms with Gasteiger partial charge in [0.2, 0.25) is 0 Å². The van der Waals surface area contributed by atoms with E-state index in [0.717, 1.165) is 12.8 Å². The van der Waals surface area contributed by atoms with Crippen molar-refractivity contribution in [3.63, 3.8) is 0 Å². The average Bonchev–Trinajstić information content (AvgIpc) is 3.13. The molecule has 0 saturated heterocycles. The first-order chi connectivity index (χ1) is 8.08. The van der Waals surface area contributed by atoms with Crippen LogP contribution in [-0.4, -0.2) is 28.6 Å². The van der Waals surface area contributed by atoms with Gasteiger partial charge in [-0.25, -0.2) is 4.98 Å². The van der Waals surface area contributed by atoms with Crippen molar-refractivity contribution in [1.82, 2.24) is 10.3 Å². The lowest BCUT2D eigenvalue weighted by molar-refractivity contribution is 0.0901. The minimum Gasteiger partial charge on any atom is -0.391 e. The third-order valence-corrected chi connectivity index (χ3v) is 3.38. The standard InChI is InChI=1S/C11H12Cl2N2O2/c12-8-3-7(4-14-10(8)13)11(17)15-5-9(16)6-1-2-6/h3-4,6,9,16H,1-2,5H2,(H,15,17). The molecule has 1 heterocycles. The maximum atomic E-state index is 11.7. The van der Waals surface area contributed by atoms with Crippen LogP contribution in [0.25, 0.3) is 0 Å². The molecule has 6 heteroatoms. The summed E-state index contributed by atoms with van der Waals surface area (Å²) in [6.07, 6.45) is 2.96. The van der Waals surface area contributed by atoms with Gasteiger partial charge in [-0.15, -0.1) is 0 Å². The number of carbonyl (C=O) groups is 1. The van der Waals surface area contributed by atoms with E-state index in [1.807, 2.05) is 0 Å². The van der Waals surface area contributed by atoms with Gasteiger partial charge in [0.1, 0.15) is 5.15 Å².